The van der Waals surface area contributed by atoms with Crippen LogP contribution in [0.4, 0.5) is 0 Å². The maximum Gasteiger partial charge on any atom is 0.302 e. The Balaban J connectivity index is 2.04. The smallest absolute Gasteiger partial charge is 0.302 e. The third-order valence-corrected chi connectivity index (χ3v) is 6.93. The van der Waals surface area contributed by atoms with Gasteiger partial charge in [-0.1, -0.05) is 39.3 Å². The minimum Gasteiger partial charge on any atom is -0.465 e. The van der Waals surface area contributed by atoms with Crippen LogP contribution in [0.3, 0.4) is 0 Å². The first-order chi connectivity index (χ1) is 12.5. The lowest BCUT2D eigenvalue weighted by atomic mass is 9.50. The first-order valence-corrected chi connectivity index (χ1v) is 9.76. The average molecular weight is 367 g/mol. The fourth-order valence-electron chi connectivity index (χ4n) is 5.14. The molecule has 1 aromatic rings. The van der Waals surface area contributed by atoms with Crippen LogP contribution in [0.5, 0.6) is 0 Å². The fourth-order valence-corrected chi connectivity index (χ4v) is 5.14. The summed E-state index contributed by atoms with van der Waals surface area (Å²) in [5.41, 5.74) is 1.89. The number of benzene rings is 1. The Labute approximate surface area is 161 Å². The Morgan fingerprint density at radius 1 is 1.33 bits per heavy atom. The molecule has 144 valence electrons. The fraction of sp³-hybridized carbons (Fsp3) is 0.609. The van der Waals surface area contributed by atoms with Crippen LogP contribution in [0.2, 0.25) is 0 Å². The number of fused-ring (bicyclic) bond motifs is 3. The largest absolute Gasteiger partial charge is 0.465 e. The van der Waals surface area contributed by atoms with Gasteiger partial charge in [0.05, 0.1) is 11.5 Å². The normalized spacial score (nSPS) is 30.1. The van der Waals surface area contributed by atoms with Crippen LogP contribution >= 0.6 is 0 Å². The summed E-state index contributed by atoms with van der Waals surface area (Å²) in [4.78, 5) is 24.2. The Morgan fingerprint density at radius 2 is 2.04 bits per heavy atom. The van der Waals surface area contributed by atoms with Gasteiger partial charge in [0.15, 0.2) is 5.78 Å². The second kappa shape index (κ2) is 6.48. The number of nitrogens with zero attached hydrogens (tertiary/aromatic N) is 1. The summed E-state index contributed by atoms with van der Waals surface area (Å²) in [7, 11) is 0. The van der Waals surface area contributed by atoms with E-state index in [0.717, 1.165) is 36.0 Å². The highest BCUT2D eigenvalue weighted by atomic mass is 16.5. The molecule has 0 saturated heterocycles. The Kier molecular flexibility index (Phi) is 4.70. The average Bonchev–Trinajstić information content (AvgIpc) is 2.62. The van der Waals surface area contributed by atoms with Crippen molar-refractivity contribution < 1.29 is 14.3 Å². The van der Waals surface area contributed by atoms with E-state index in [1.807, 2.05) is 26.8 Å². The van der Waals surface area contributed by atoms with Crippen LogP contribution < -0.4 is 0 Å². The van der Waals surface area contributed by atoms with Crippen molar-refractivity contribution in [3.05, 3.63) is 34.9 Å². The van der Waals surface area contributed by atoms with Crippen molar-refractivity contribution in [2.75, 3.05) is 6.61 Å². The van der Waals surface area contributed by atoms with Crippen molar-refractivity contribution in [1.29, 1.82) is 5.26 Å². The zero-order chi connectivity index (χ0) is 20.0. The van der Waals surface area contributed by atoms with E-state index in [2.05, 4.69) is 25.1 Å². The van der Waals surface area contributed by atoms with E-state index in [1.54, 1.807) is 0 Å². The summed E-state index contributed by atoms with van der Waals surface area (Å²) >= 11 is 0. The molecule has 3 unspecified atom stereocenters. The molecule has 1 aromatic carbocycles. The van der Waals surface area contributed by atoms with Gasteiger partial charge >= 0.3 is 5.97 Å². The van der Waals surface area contributed by atoms with Gasteiger partial charge in [0.25, 0.3) is 0 Å². The summed E-state index contributed by atoms with van der Waals surface area (Å²) in [6.07, 6.45) is 3.30. The topological polar surface area (TPSA) is 67.2 Å². The van der Waals surface area contributed by atoms with E-state index in [1.165, 1.54) is 6.92 Å². The van der Waals surface area contributed by atoms with Crippen molar-refractivity contribution in [3.8, 4) is 6.07 Å². The highest BCUT2D eigenvalue weighted by Crippen LogP contribution is 2.57. The summed E-state index contributed by atoms with van der Waals surface area (Å²) in [6, 6.07) is 8.64. The summed E-state index contributed by atoms with van der Waals surface area (Å²) in [6.45, 7) is 9.96. The number of carbonyl (C=O) groups excluding carboxylic acids is 2. The number of hydrogen-bond donors (Lipinski definition) is 0. The molecule has 4 heteroatoms. The van der Waals surface area contributed by atoms with Gasteiger partial charge in [-0.2, -0.15) is 5.26 Å². The number of nitriles is 1. The van der Waals surface area contributed by atoms with E-state index in [0.29, 0.717) is 6.42 Å². The second-order valence-electron chi connectivity index (χ2n) is 9.40. The van der Waals surface area contributed by atoms with Crippen molar-refractivity contribution in [1.82, 2.24) is 0 Å². The van der Waals surface area contributed by atoms with Crippen molar-refractivity contribution >= 4 is 11.8 Å². The van der Waals surface area contributed by atoms with Gasteiger partial charge in [0.1, 0.15) is 6.61 Å². The van der Waals surface area contributed by atoms with Crippen molar-refractivity contribution in [2.45, 2.75) is 71.1 Å². The zero-order valence-corrected chi connectivity index (χ0v) is 17.0. The van der Waals surface area contributed by atoms with Crippen LogP contribution in [-0.2, 0) is 20.4 Å². The number of hydrogen-bond acceptors (Lipinski definition) is 4. The van der Waals surface area contributed by atoms with Crippen molar-refractivity contribution in [2.24, 2.45) is 11.3 Å². The van der Waals surface area contributed by atoms with E-state index >= 15 is 0 Å². The number of rotatable bonds is 3. The lowest BCUT2D eigenvalue weighted by Crippen LogP contribution is -2.50. The molecule has 0 N–H and O–H groups in total. The molecule has 0 radical (unpaired) electrons. The third-order valence-electron chi connectivity index (χ3n) is 6.93. The van der Waals surface area contributed by atoms with Gasteiger partial charge in [0.2, 0.25) is 0 Å². The zero-order valence-electron chi connectivity index (χ0n) is 17.0. The molecule has 4 nitrogen and oxygen atoms in total. The van der Waals surface area contributed by atoms with Gasteiger partial charge in [-0.15, -0.1) is 0 Å². The molecule has 0 aromatic heterocycles. The molecular formula is C23H29NO3. The molecule has 3 atom stereocenters. The van der Waals surface area contributed by atoms with Gasteiger partial charge in [-0.05, 0) is 48.3 Å². The molecule has 0 amide bonds. The Hall–Kier alpha value is -2.15. The molecule has 0 spiro atoms. The van der Waals surface area contributed by atoms with Gasteiger partial charge in [-0.3, -0.25) is 9.59 Å². The molecule has 2 aliphatic rings. The van der Waals surface area contributed by atoms with E-state index in [4.69, 9.17) is 4.74 Å². The van der Waals surface area contributed by atoms with Crippen LogP contribution in [-0.4, -0.2) is 18.4 Å². The molecule has 27 heavy (non-hydrogen) atoms. The van der Waals surface area contributed by atoms with Gasteiger partial charge in [0, 0.05) is 24.3 Å². The number of ether oxygens (including phenoxy) is 1. The number of ketones is 1. The maximum absolute atomic E-state index is 13.0. The summed E-state index contributed by atoms with van der Waals surface area (Å²) in [5, 5.41) is 9.79. The van der Waals surface area contributed by atoms with Gasteiger partial charge < -0.3 is 4.74 Å². The van der Waals surface area contributed by atoms with Crippen LogP contribution in [0.25, 0.3) is 0 Å². The third kappa shape index (κ3) is 3.18. The second-order valence-corrected chi connectivity index (χ2v) is 9.40. The monoisotopic (exact) mass is 367 g/mol. The van der Waals surface area contributed by atoms with Crippen molar-refractivity contribution in [3.63, 3.8) is 0 Å². The lowest BCUT2D eigenvalue weighted by molar-refractivity contribution is -0.142. The molecule has 0 heterocycles. The standard InChI is InChI=1S/C23H29NO3/c1-15(25)27-14-21(2,3)16-7-8-18-17(11-16)19(26)12-20-22(4,13-24)9-6-10-23(18,20)5/h7-8,11,20H,6,9-10,12,14H2,1-5H3. The van der Waals surface area contributed by atoms with Crippen LogP contribution in [0.15, 0.2) is 18.2 Å². The van der Waals surface area contributed by atoms with E-state index < -0.39 is 5.41 Å². The highest BCUT2D eigenvalue weighted by molar-refractivity contribution is 6.00. The van der Waals surface area contributed by atoms with Crippen LogP contribution in [0.1, 0.15) is 81.8 Å². The first kappa shape index (κ1) is 19.6. The molecule has 0 bridgehead atoms. The molecule has 3 rings (SSSR count). The molecular weight excluding hydrogens is 338 g/mol. The minimum atomic E-state index is -0.451. The van der Waals surface area contributed by atoms with Gasteiger partial charge in [-0.25, -0.2) is 0 Å². The van der Waals surface area contributed by atoms with E-state index in [9.17, 15) is 14.9 Å². The molecule has 2 aliphatic carbocycles. The Bertz CT molecular complexity index is 835. The minimum absolute atomic E-state index is 0.0589. The number of esters is 1. The number of Topliss-reactive ketones (excluding diaryl/α,β-unsaturated/α-hetero) is 1. The predicted molar refractivity (Wildman–Crippen MR) is 103 cm³/mol. The van der Waals surface area contributed by atoms with Crippen LogP contribution in [0, 0.1) is 22.7 Å². The number of carbonyl (C=O) groups is 2. The maximum atomic E-state index is 13.0. The highest BCUT2D eigenvalue weighted by Gasteiger charge is 2.54. The quantitative estimate of drug-likeness (QED) is 0.726. The summed E-state index contributed by atoms with van der Waals surface area (Å²) in [5.74, 6) is -0.116. The predicted octanol–water partition coefficient (Wildman–Crippen LogP) is 4.70. The summed E-state index contributed by atoms with van der Waals surface area (Å²) < 4.78 is 5.22. The molecule has 0 aliphatic heterocycles. The Morgan fingerprint density at radius 3 is 2.67 bits per heavy atom. The SMILES string of the molecule is CC(=O)OCC(C)(C)c1ccc2c(c1)C(=O)CC1C(C)(C#N)CCCC21C. The van der Waals surface area contributed by atoms with E-state index in [-0.39, 0.29) is 35.1 Å². The molecule has 1 fully saturated rings. The molecule has 1 saturated carbocycles. The first-order valence-electron chi connectivity index (χ1n) is 9.76. The lowest BCUT2D eigenvalue weighted by Gasteiger charge is -2.52.